The van der Waals surface area contributed by atoms with Crippen LogP contribution in [0.25, 0.3) is 0 Å². The third-order valence-corrected chi connectivity index (χ3v) is 5.37. The molecule has 0 bridgehead atoms. The minimum Gasteiger partial charge on any atom is -0.493 e. The van der Waals surface area contributed by atoms with Gasteiger partial charge in [-0.05, 0) is 48.0 Å². The van der Waals surface area contributed by atoms with Gasteiger partial charge in [-0.1, -0.05) is 58.5 Å². The summed E-state index contributed by atoms with van der Waals surface area (Å²) in [7, 11) is 1.60. The standard InChI is InChI=1S/C21H17Cl4NO2/c1-27-21-8-13(11-26-16-5-6-17(23)19(25)10-16)2-7-20(21)28-12-14-3-4-15(22)9-18(14)24/h2-10,26H,11-12H2,1H3. The van der Waals surface area contributed by atoms with Crippen LogP contribution in [0.4, 0.5) is 5.69 Å². The van der Waals surface area contributed by atoms with Crippen molar-refractivity contribution in [1.82, 2.24) is 0 Å². The molecule has 1 N–H and O–H groups in total. The molecule has 0 aromatic heterocycles. The molecule has 3 nitrogen and oxygen atoms in total. The molecule has 0 aliphatic carbocycles. The third kappa shape index (κ3) is 5.39. The van der Waals surface area contributed by atoms with E-state index in [-0.39, 0.29) is 0 Å². The molecule has 0 unspecified atom stereocenters. The smallest absolute Gasteiger partial charge is 0.161 e. The topological polar surface area (TPSA) is 30.5 Å². The molecule has 7 heteroatoms. The fourth-order valence-electron chi connectivity index (χ4n) is 2.55. The number of anilines is 1. The summed E-state index contributed by atoms with van der Waals surface area (Å²) in [6.45, 7) is 0.908. The van der Waals surface area contributed by atoms with Gasteiger partial charge in [-0.25, -0.2) is 0 Å². The third-order valence-electron chi connectivity index (χ3n) is 4.04. The van der Waals surface area contributed by atoms with Crippen molar-refractivity contribution in [2.45, 2.75) is 13.2 Å². The number of ether oxygens (including phenoxy) is 2. The van der Waals surface area contributed by atoms with E-state index in [1.807, 2.05) is 30.3 Å². The maximum absolute atomic E-state index is 6.19. The van der Waals surface area contributed by atoms with Gasteiger partial charge >= 0.3 is 0 Å². The van der Waals surface area contributed by atoms with Gasteiger partial charge in [-0.3, -0.25) is 0 Å². The van der Waals surface area contributed by atoms with Crippen molar-refractivity contribution in [1.29, 1.82) is 0 Å². The highest BCUT2D eigenvalue weighted by atomic mass is 35.5. The molecule has 0 saturated carbocycles. The van der Waals surface area contributed by atoms with Crippen LogP contribution >= 0.6 is 46.4 Å². The van der Waals surface area contributed by atoms with Crippen molar-refractivity contribution in [3.63, 3.8) is 0 Å². The van der Waals surface area contributed by atoms with E-state index in [0.29, 0.717) is 44.7 Å². The van der Waals surface area contributed by atoms with Crippen LogP contribution in [0, 0.1) is 0 Å². The Kier molecular flexibility index (Phi) is 7.19. The average Bonchev–Trinajstić information content (AvgIpc) is 2.68. The van der Waals surface area contributed by atoms with Crippen LogP contribution in [-0.2, 0) is 13.2 Å². The molecule has 3 rings (SSSR count). The lowest BCUT2D eigenvalue weighted by atomic mass is 10.2. The Morgan fingerprint density at radius 2 is 1.61 bits per heavy atom. The fourth-order valence-corrected chi connectivity index (χ4v) is 3.31. The first-order chi connectivity index (χ1) is 13.5. The summed E-state index contributed by atoms with van der Waals surface area (Å²) in [5, 5.41) is 5.49. The summed E-state index contributed by atoms with van der Waals surface area (Å²) < 4.78 is 11.3. The van der Waals surface area contributed by atoms with E-state index in [1.54, 1.807) is 31.4 Å². The quantitative estimate of drug-likeness (QED) is 0.399. The summed E-state index contributed by atoms with van der Waals surface area (Å²) in [4.78, 5) is 0. The number of benzene rings is 3. The fraction of sp³-hybridized carbons (Fsp3) is 0.143. The molecule has 0 saturated heterocycles. The Balaban J connectivity index is 1.66. The summed E-state index contributed by atoms with van der Waals surface area (Å²) in [5.74, 6) is 1.27. The lowest BCUT2D eigenvalue weighted by molar-refractivity contribution is 0.284. The monoisotopic (exact) mass is 455 g/mol. The second kappa shape index (κ2) is 9.62. The van der Waals surface area contributed by atoms with Crippen molar-refractivity contribution in [2.75, 3.05) is 12.4 Å². The number of halogens is 4. The predicted octanol–water partition coefficient (Wildman–Crippen LogP) is 7.50. The summed E-state index contributed by atoms with van der Waals surface area (Å²) in [5.41, 5.74) is 2.75. The average molecular weight is 457 g/mol. The minimum atomic E-state index is 0.313. The Labute approximate surface area is 184 Å². The highest BCUT2D eigenvalue weighted by molar-refractivity contribution is 6.42. The first-order valence-electron chi connectivity index (χ1n) is 8.39. The lowest BCUT2D eigenvalue weighted by Gasteiger charge is -2.14. The zero-order chi connectivity index (χ0) is 20.1. The second-order valence-corrected chi connectivity index (χ2v) is 7.65. The molecule has 0 amide bonds. The second-order valence-electron chi connectivity index (χ2n) is 5.99. The van der Waals surface area contributed by atoms with Crippen molar-refractivity contribution < 1.29 is 9.47 Å². The SMILES string of the molecule is COc1cc(CNc2ccc(Cl)c(Cl)c2)ccc1OCc1ccc(Cl)cc1Cl. The Morgan fingerprint density at radius 3 is 2.32 bits per heavy atom. The predicted molar refractivity (Wildman–Crippen MR) is 118 cm³/mol. The number of hydrogen-bond donors (Lipinski definition) is 1. The van der Waals surface area contributed by atoms with E-state index in [9.17, 15) is 0 Å². The summed E-state index contributed by atoms with van der Waals surface area (Å²) in [6.07, 6.45) is 0. The maximum atomic E-state index is 6.19. The zero-order valence-electron chi connectivity index (χ0n) is 14.9. The van der Waals surface area contributed by atoms with Gasteiger partial charge in [-0.2, -0.15) is 0 Å². The number of nitrogens with one attached hydrogen (secondary N) is 1. The van der Waals surface area contributed by atoms with Gasteiger partial charge in [0.2, 0.25) is 0 Å². The number of methoxy groups -OCH3 is 1. The highest BCUT2D eigenvalue weighted by Gasteiger charge is 2.09. The van der Waals surface area contributed by atoms with E-state index < -0.39 is 0 Å². The van der Waals surface area contributed by atoms with Crippen LogP contribution in [-0.4, -0.2) is 7.11 Å². The molecule has 3 aromatic carbocycles. The van der Waals surface area contributed by atoms with Crippen LogP contribution in [0.15, 0.2) is 54.6 Å². The molecule has 0 heterocycles. The van der Waals surface area contributed by atoms with Gasteiger partial charge in [0.15, 0.2) is 11.5 Å². The molecule has 28 heavy (non-hydrogen) atoms. The van der Waals surface area contributed by atoms with Gasteiger partial charge in [-0.15, -0.1) is 0 Å². The van der Waals surface area contributed by atoms with Crippen LogP contribution in [0.5, 0.6) is 11.5 Å². The Morgan fingerprint density at radius 1 is 0.786 bits per heavy atom. The van der Waals surface area contributed by atoms with E-state index >= 15 is 0 Å². The zero-order valence-corrected chi connectivity index (χ0v) is 18.0. The summed E-state index contributed by atoms with van der Waals surface area (Å²) in [6, 6.07) is 16.5. The first kappa shape index (κ1) is 20.9. The molecule has 0 aliphatic rings. The van der Waals surface area contributed by atoms with Gasteiger partial charge in [0.25, 0.3) is 0 Å². The van der Waals surface area contributed by atoms with Crippen LogP contribution < -0.4 is 14.8 Å². The normalized spacial score (nSPS) is 10.6. The largest absolute Gasteiger partial charge is 0.493 e. The molecular formula is C21H17Cl4NO2. The Bertz CT molecular complexity index is 979. The van der Waals surface area contributed by atoms with Crippen molar-refractivity contribution in [3.8, 4) is 11.5 Å². The Hall–Kier alpha value is -1.78. The van der Waals surface area contributed by atoms with E-state index in [0.717, 1.165) is 16.8 Å². The molecular weight excluding hydrogens is 440 g/mol. The molecule has 3 aromatic rings. The first-order valence-corrected chi connectivity index (χ1v) is 9.90. The molecule has 0 fully saturated rings. The lowest BCUT2D eigenvalue weighted by Crippen LogP contribution is -2.02. The van der Waals surface area contributed by atoms with E-state index in [2.05, 4.69) is 5.32 Å². The molecule has 0 atom stereocenters. The van der Waals surface area contributed by atoms with Crippen molar-refractivity contribution in [3.05, 3.63) is 85.8 Å². The van der Waals surface area contributed by atoms with Gasteiger partial charge < -0.3 is 14.8 Å². The molecule has 146 valence electrons. The van der Waals surface area contributed by atoms with Gasteiger partial charge in [0, 0.05) is 27.8 Å². The van der Waals surface area contributed by atoms with Crippen molar-refractivity contribution in [2.24, 2.45) is 0 Å². The van der Waals surface area contributed by atoms with E-state index in [1.165, 1.54) is 0 Å². The molecule has 0 aliphatic heterocycles. The number of rotatable bonds is 7. The highest BCUT2D eigenvalue weighted by Crippen LogP contribution is 2.31. The van der Waals surface area contributed by atoms with Crippen LogP contribution in [0.3, 0.4) is 0 Å². The van der Waals surface area contributed by atoms with Gasteiger partial charge in [0.1, 0.15) is 6.61 Å². The minimum absolute atomic E-state index is 0.313. The van der Waals surface area contributed by atoms with Crippen LogP contribution in [0.2, 0.25) is 20.1 Å². The maximum Gasteiger partial charge on any atom is 0.161 e. The number of hydrogen-bond acceptors (Lipinski definition) is 3. The van der Waals surface area contributed by atoms with Crippen LogP contribution in [0.1, 0.15) is 11.1 Å². The van der Waals surface area contributed by atoms with Gasteiger partial charge in [0.05, 0.1) is 17.2 Å². The van der Waals surface area contributed by atoms with Crippen molar-refractivity contribution >= 4 is 52.1 Å². The van der Waals surface area contributed by atoms with E-state index in [4.69, 9.17) is 55.9 Å². The molecule has 0 radical (unpaired) electrons. The summed E-state index contributed by atoms with van der Waals surface area (Å²) >= 11 is 24.1. The molecule has 0 spiro atoms.